The smallest absolute Gasteiger partial charge is 0.251 e. The second kappa shape index (κ2) is 8.12. The van der Waals surface area contributed by atoms with Gasteiger partial charge in [-0.15, -0.1) is 0 Å². The van der Waals surface area contributed by atoms with Crippen LogP contribution in [0.5, 0.6) is 0 Å². The molecule has 0 atom stereocenters. The fraction of sp³-hybridized carbons (Fsp3) is 0.611. The summed E-state index contributed by atoms with van der Waals surface area (Å²) in [6.45, 7) is 4.30. The van der Waals surface area contributed by atoms with Gasteiger partial charge in [0.2, 0.25) is 10.0 Å². The van der Waals surface area contributed by atoms with E-state index in [9.17, 15) is 13.2 Å². The summed E-state index contributed by atoms with van der Waals surface area (Å²) in [6.07, 6.45) is 6.07. The van der Waals surface area contributed by atoms with Crippen LogP contribution in [0.4, 0.5) is 0 Å². The van der Waals surface area contributed by atoms with Crippen molar-refractivity contribution >= 4 is 15.9 Å². The van der Waals surface area contributed by atoms with Crippen LogP contribution in [-0.4, -0.2) is 38.3 Å². The molecule has 5 nitrogen and oxygen atoms in total. The zero-order valence-corrected chi connectivity index (χ0v) is 15.6. The number of benzene rings is 1. The number of amides is 1. The molecule has 24 heavy (non-hydrogen) atoms. The molecular weight excluding hydrogens is 324 g/mol. The number of nitrogens with one attached hydrogen (secondary N) is 1. The molecule has 0 radical (unpaired) electrons. The van der Waals surface area contributed by atoms with Crippen molar-refractivity contribution in [2.75, 3.05) is 13.6 Å². The SMILES string of the molecule is CC(C)N(C)S(=O)(=O)c1cccc(C(=O)NCC2CCCCC2)c1. The molecule has 134 valence electrons. The first-order valence-electron chi connectivity index (χ1n) is 8.68. The van der Waals surface area contributed by atoms with Gasteiger partial charge in [0.15, 0.2) is 0 Å². The summed E-state index contributed by atoms with van der Waals surface area (Å²) in [5.74, 6) is 0.339. The molecule has 1 saturated carbocycles. The van der Waals surface area contributed by atoms with Crippen molar-refractivity contribution in [3.63, 3.8) is 0 Å². The minimum atomic E-state index is -3.58. The highest BCUT2D eigenvalue weighted by Gasteiger charge is 2.24. The van der Waals surface area contributed by atoms with Gasteiger partial charge in [-0.25, -0.2) is 8.42 Å². The average Bonchev–Trinajstić information content (AvgIpc) is 2.59. The zero-order chi connectivity index (χ0) is 17.7. The largest absolute Gasteiger partial charge is 0.352 e. The quantitative estimate of drug-likeness (QED) is 0.856. The van der Waals surface area contributed by atoms with E-state index in [0.29, 0.717) is 18.0 Å². The predicted octanol–water partition coefficient (Wildman–Crippen LogP) is 3.03. The Balaban J connectivity index is 2.07. The van der Waals surface area contributed by atoms with Crippen LogP contribution in [0.3, 0.4) is 0 Å². The minimum absolute atomic E-state index is 0.140. The second-order valence-corrected chi connectivity index (χ2v) is 8.85. The normalized spacial score (nSPS) is 16.5. The third-order valence-corrected chi connectivity index (χ3v) is 6.81. The molecule has 1 aromatic carbocycles. The third-order valence-electron chi connectivity index (χ3n) is 4.78. The number of rotatable bonds is 6. The van der Waals surface area contributed by atoms with Gasteiger partial charge < -0.3 is 5.32 Å². The van der Waals surface area contributed by atoms with Gasteiger partial charge >= 0.3 is 0 Å². The first-order chi connectivity index (χ1) is 11.3. The van der Waals surface area contributed by atoms with E-state index in [-0.39, 0.29) is 16.8 Å². The van der Waals surface area contributed by atoms with Crippen LogP contribution in [0, 0.1) is 5.92 Å². The van der Waals surface area contributed by atoms with Crippen molar-refractivity contribution < 1.29 is 13.2 Å². The Morgan fingerprint density at radius 2 is 1.92 bits per heavy atom. The van der Waals surface area contributed by atoms with E-state index < -0.39 is 10.0 Å². The summed E-state index contributed by atoms with van der Waals surface area (Å²) >= 11 is 0. The number of nitrogens with zero attached hydrogens (tertiary/aromatic N) is 1. The second-order valence-electron chi connectivity index (χ2n) is 6.86. The molecule has 6 heteroatoms. The van der Waals surface area contributed by atoms with Gasteiger partial charge in [0, 0.05) is 25.2 Å². The van der Waals surface area contributed by atoms with Crippen molar-refractivity contribution in [1.29, 1.82) is 0 Å². The van der Waals surface area contributed by atoms with E-state index in [2.05, 4.69) is 5.32 Å². The lowest BCUT2D eigenvalue weighted by molar-refractivity contribution is 0.0943. The fourth-order valence-electron chi connectivity index (χ4n) is 2.97. The lowest BCUT2D eigenvalue weighted by Crippen LogP contribution is -2.33. The van der Waals surface area contributed by atoms with Gasteiger partial charge in [-0.3, -0.25) is 4.79 Å². The maximum absolute atomic E-state index is 12.5. The average molecular weight is 353 g/mol. The molecule has 0 spiro atoms. The highest BCUT2D eigenvalue weighted by Crippen LogP contribution is 2.23. The highest BCUT2D eigenvalue weighted by molar-refractivity contribution is 7.89. The number of hydrogen-bond donors (Lipinski definition) is 1. The lowest BCUT2D eigenvalue weighted by Gasteiger charge is -2.22. The summed E-state index contributed by atoms with van der Waals surface area (Å²) in [5, 5.41) is 2.95. The number of carbonyl (C=O) groups is 1. The Labute approximate surface area is 145 Å². The first kappa shape index (κ1) is 18.9. The maximum Gasteiger partial charge on any atom is 0.251 e. The van der Waals surface area contributed by atoms with Gasteiger partial charge in [-0.2, -0.15) is 4.31 Å². The molecule has 0 unspecified atom stereocenters. The summed E-state index contributed by atoms with van der Waals surface area (Å²) < 4.78 is 26.4. The van der Waals surface area contributed by atoms with Crippen molar-refractivity contribution in [3.05, 3.63) is 29.8 Å². The molecule has 0 bridgehead atoms. The van der Waals surface area contributed by atoms with E-state index in [1.807, 2.05) is 13.8 Å². The number of carbonyl (C=O) groups excluding carboxylic acids is 1. The molecule has 0 aromatic heterocycles. The van der Waals surface area contributed by atoms with Crippen molar-refractivity contribution in [2.24, 2.45) is 5.92 Å². The monoisotopic (exact) mass is 352 g/mol. The molecule has 1 fully saturated rings. The molecule has 0 heterocycles. The predicted molar refractivity (Wildman–Crippen MR) is 95.4 cm³/mol. The number of sulfonamides is 1. The molecule has 1 N–H and O–H groups in total. The van der Waals surface area contributed by atoms with Gasteiger partial charge in [0.1, 0.15) is 0 Å². The van der Waals surface area contributed by atoms with E-state index >= 15 is 0 Å². The van der Waals surface area contributed by atoms with Crippen molar-refractivity contribution in [2.45, 2.75) is 56.9 Å². The lowest BCUT2D eigenvalue weighted by atomic mass is 9.89. The summed E-state index contributed by atoms with van der Waals surface area (Å²) in [5.41, 5.74) is 0.393. The van der Waals surface area contributed by atoms with E-state index in [4.69, 9.17) is 0 Å². The van der Waals surface area contributed by atoms with Crippen LogP contribution in [0.2, 0.25) is 0 Å². The Hall–Kier alpha value is -1.40. The van der Waals surface area contributed by atoms with Gasteiger partial charge in [0.25, 0.3) is 5.91 Å². The molecule has 1 amide bonds. The molecule has 2 rings (SSSR count). The summed E-state index contributed by atoms with van der Waals surface area (Å²) in [7, 11) is -2.02. The number of hydrogen-bond acceptors (Lipinski definition) is 3. The zero-order valence-electron chi connectivity index (χ0n) is 14.8. The van der Waals surface area contributed by atoms with E-state index in [1.165, 1.54) is 35.7 Å². The standard InChI is InChI=1S/C18H28N2O3S/c1-14(2)20(3)24(22,23)17-11-7-10-16(12-17)18(21)19-13-15-8-5-4-6-9-15/h7,10-12,14-15H,4-6,8-9,13H2,1-3H3,(H,19,21). The molecule has 1 aliphatic rings. The fourth-order valence-corrected chi connectivity index (χ4v) is 4.39. The van der Waals surface area contributed by atoms with Crippen LogP contribution in [-0.2, 0) is 10.0 Å². The molecule has 1 aliphatic carbocycles. The summed E-state index contributed by atoms with van der Waals surface area (Å²) in [4.78, 5) is 12.5. The van der Waals surface area contributed by atoms with Gasteiger partial charge in [-0.1, -0.05) is 25.3 Å². The van der Waals surface area contributed by atoms with Crippen LogP contribution in [0.25, 0.3) is 0 Å². The Morgan fingerprint density at radius 3 is 2.54 bits per heavy atom. The Bertz CT molecular complexity index is 665. The van der Waals surface area contributed by atoms with E-state index in [0.717, 1.165) is 12.8 Å². The van der Waals surface area contributed by atoms with Crippen molar-refractivity contribution in [1.82, 2.24) is 9.62 Å². The molecule has 1 aromatic rings. The third kappa shape index (κ3) is 4.57. The topological polar surface area (TPSA) is 66.5 Å². The first-order valence-corrected chi connectivity index (χ1v) is 10.1. The van der Waals surface area contributed by atoms with Crippen molar-refractivity contribution in [3.8, 4) is 0 Å². The highest BCUT2D eigenvalue weighted by atomic mass is 32.2. The van der Waals surface area contributed by atoms with Gasteiger partial charge in [0.05, 0.1) is 4.90 Å². The Kier molecular flexibility index (Phi) is 6.40. The molecule has 0 aliphatic heterocycles. The summed E-state index contributed by atoms with van der Waals surface area (Å²) in [6, 6.07) is 6.14. The van der Waals surface area contributed by atoms with Crippen LogP contribution < -0.4 is 5.32 Å². The van der Waals surface area contributed by atoms with Crippen LogP contribution in [0.15, 0.2) is 29.2 Å². The van der Waals surface area contributed by atoms with E-state index in [1.54, 1.807) is 19.2 Å². The molecule has 0 saturated heterocycles. The Morgan fingerprint density at radius 1 is 1.25 bits per heavy atom. The maximum atomic E-state index is 12.5. The van der Waals surface area contributed by atoms with Crippen LogP contribution >= 0.6 is 0 Å². The minimum Gasteiger partial charge on any atom is -0.352 e. The molecular formula is C18H28N2O3S. The van der Waals surface area contributed by atoms with Gasteiger partial charge in [-0.05, 0) is 50.8 Å². The van der Waals surface area contributed by atoms with Crippen LogP contribution in [0.1, 0.15) is 56.3 Å².